The van der Waals surface area contributed by atoms with E-state index in [2.05, 4.69) is 26.5 Å². The van der Waals surface area contributed by atoms with Crippen LogP contribution in [0.4, 0.5) is 0 Å². The number of rotatable bonds is 1. The second-order valence-corrected chi connectivity index (χ2v) is 2.40. The molecule has 1 aromatic rings. The molecular weight excluding hydrogens is 198 g/mol. The monoisotopic (exact) mass is 205 g/mol. The maximum absolute atomic E-state index is 10.9. The highest BCUT2D eigenvalue weighted by Gasteiger charge is 2.07. The van der Waals surface area contributed by atoms with Crippen molar-refractivity contribution in [1.82, 2.24) is 9.97 Å². The van der Waals surface area contributed by atoms with Crippen molar-refractivity contribution in [1.29, 1.82) is 0 Å². The van der Waals surface area contributed by atoms with E-state index in [1.807, 2.05) is 0 Å². The highest BCUT2D eigenvalue weighted by molar-refractivity contribution is 5.92. The molecule has 0 spiro atoms. The first-order valence-corrected chi connectivity index (χ1v) is 3.85. The summed E-state index contributed by atoms with van der Waals surface area (Å²) in [5.74, 6) is 3.10. The molecule has 1 amide bonds. The summed E-state index contributed by atoms with van der Waals surface area (Å²) in [5, 5.41) is 0. The maximum Gasteiger partial charge on any atom is 0.376 e. The van der Waals surface area contributed by atoms with Crippen LogP contribution in [-0.4, -0.2) is 29.0 Å². The summed E-state index contributed by atoms with van der Waals surface area (Å²) in [6.07, 6.45) is 2.60. The van der Waals surface area contributed by atoms with E-state index >= 15 is 0 Å². The smallest absolute Gasteiger partial charge is 0.376 e. The Kier molecular flexibility index (Phi) is 3.35. The van der Waals surface area contributed by atoms with Crippen LogP contribution in [0.1, 0.15) is 16.2 Å². The number of aromatic nitrogens is 2. The number of ether oxygens (including phenoxy) is 1. The summed E-state index contributed by atoms with van der Waals surface area (Å²) in [7, 11) is 1.23. The first-order valence-electron chi connectivity index (χ1n) is 3.85. The van der Waals surface area contributed by atoms with E-state index in [0.29, 0.717) is 5.56 Å². The molecule has 1 aromatic heterocycles. The van der Waals surface area contributed by atoms with E-state index in [9.17, 15) is 9.59 Å². The lowest BCUT2D eigenvalue weighted by Crippen LogP contribution is -2.07. The standard InChI is InChI=1S/C9H7N3O3/c1-15-9(14)8-11-4-6(5-12-8)2-3-7(10)13/h4-5H,1H3,(H2,10,13). The molecule has 0 aliphatic carbocycles. The van der Waals surface area contributed by atoms with E-state index in [1.165, 1.54) is 19.5 Å². The van der Waals surface area contributed by atoms with Crippen LogP contribution in [0.3, 0.4) is 0 Å². The molecular formula is C9H7N3O3. The van der Waals surface area contributed by atoms with Crippen molar-refractivity contribution >= 4 is 11.9 Å². The Hall–Kier alpha value is -2.42. The lowest BCUT2D eigenvalue weighted by atomic mass is 10.3. The lowest BCUT2D eigenvalue weighted by molar-refractivity contribution is -0.112. The molecule has 6 heteroatoms. The molecule has 0 saturated heterocycles. The van der Waals surface area contributed by atoms with Gasteiger partial charge in [-0.1, -0.05) is 5.92 Å². The minimum atomic E-state index is -0.743. The second-order valence-electron chi connectivity index (χ2n) is 2.40. The molecule has 76 valence electrons. The van der Waals surface area contributed by atoms with Crippen LogP contribution in [0.5, 0.6) is 0 Å². The quantitative estimate of drug-likeness (QED) is 0.473. The number of hydrogen-bond donors (Lipinski definition) is 1. The summed E-state index contributed by atoms with van der Waals surface area (Å²) in [6, 6.07) is 0. The molecule has 0 bridgehead atoms. The number of methoxy groups -OCH3 is 1. The second kappa shape index (κ2) is 4.72. The lowest BCUT2D eigenvalue weighted by Gasteiger charge is -1.95. The third-order valence-electron chi connectivity index (χ3n) is 1.35. The van der Waals surface area contributed by atoms with Crippen molar-refractivity contribution in [3.8, 4) is 11.8 Å². The molecule has 0 fully saturated rings. The van der Waals surface area contributed by atoms with E-state index in [0.717, 1.165) is 0 Å². The number of hydrogen-bond acceptors (Lipinski definition) is 5. The van der Waals surface area contributed by atoms with Gasteiger partial charge in [0.25, 0.3) is 5.91 Å². The van der Waals surface area contributed by atoms with Crippen LogP contribution in [-0.2, 0) is 9.53 Å². The molecule has 15 heavy (non-hydrogen) atoms. The van der Waals surface area contributed by atoms with Gasteiger partial charge in [0.2, 0.25) is 5.82 Å². The summed E-state index contributed by atoms with van der Waals surface area (Å²) in [4.78, 5) is 28.6. The van der Waals surface area contributed by atoms with Crippen LogP contribution in [0, 0.1) is 11.8 Å². The van der Waals surface area contributed by atoms with Gasteiger partial charge in [0.05, 0.1) is 12.7 Å². The van der Waals surface area contributed by atoms with Gasteiger partial charge in [-0.15, -0.1) is 0 Å². The molecule has 0 unspecified atom stereocenters. The van der Waals surface area contributed by atoms with Gasteiger partial charge >= 0.3 is 5.97 Å². The molecule has 0 atom stereocenters. The van der Waals surface area contributed by atoms with Gasteiger partial charge in [-0.05, 0) is 0 Å². The fourth-order valence-electron chi connectivity index (χ4n) is 0.723. The Labute approximate surface area is 85.5 Å². The van der Waals surface area contributed by atoms with Gasteiger partial charge in [0.15, 0.2) is 0 Å². The van der Waals surface area contributed by atoms with E-state index in [1.54, 1.807) is 0 Å². The van der Waals surface area contributed by atoms with Crippen molar-refractivity contribution in [2.75, 3.05) is 7.11 Å². The van der Waals surface area contributed by atoms with Crippen molar-refractivity contribution < 1.29 is 14.3 Å². The number of nitrogens with two attached hydrogens (primary N) is 1. The SMILES string of the molecule is COC(=O)c1ncc(C#CC(N)=O)cn1. The van der Waals surface area contributed by atoms with Crippen LogP contribution >= 0.6 is 0 Å². The Balaban J connectivity index is 2.87. The minimum Gasteiger partial charge on any atom is -0.463 e. The van der Waals surface area contributed by atoms with Crippen LogP contribution in [0.25, 0.3) is 0 Å². The first-order chi connectivity index (χ1) is 7.13. The highest BCUT2D eigenvalue weighted by Crippen LogP contribution is 1.95. The number of esters is 1. The predicted octanol–water partition coefficient (Wildman–Crippen LogP) is -0.900. The third kappa shape index (κ3) is 3.08. The zero-order valence-corrected chi connectivity index (χ0v) is 7.85. The van der Waals surface area contributed by atoms with E-state index in [4.69, 9.17) is 5.73 Å². The molecule has 0 aliphatic rings. The number of nitrogens with zero attached hydrogens (tertiary/aromatic N) is 2. The Bertz CT molecular complexity index is 442. The molecule has 0 aliphatic heterocycles. The van der Waals surface area contributed by atoms with Crippen molar-refractivity contribution in [2.45, 2.75) is 0 Å². The minimum absolute atomic E-state index is 0.0675. The Morgan fingerprint density at radius 2 is 2.00 bits per heavy atom. The van der Waals surface area contributed by atoms with Gasteiger partial charge in [-0.25, -0.2) is 14.8 Å². The number of carbonyl (C=O) groups excluding carboxylic acids is 2. The van der Waals surface area contributed by atoms with Gasteiger partial charge < -0.3 is 10.5 Å². The van der Waals surface area contributed by atoms with Gasteiger partial charge in [0.1, 0.15) is 0 Å². The normalized spacial score (nSPS) is 8.60. The van der Waals surface area contributed by atoms with E-state index in [-0.39, 0.29) is 5.82 Å². The number of carbonyl (C=O) groups is 2. The van der Waals surface area contributed by atoms with Crippen molar-refractivity contribution in [3.05, 3.63) is 23.8 Å². The Morgan fingerprint density at radius 1 is 1.40 bits per heavy atom. The zero-order chi connectivity index (χ0) is 11.3. The Morgan fingerprint density at radius 3 is 2.47 bits per heavy atom. The van der Waals surface area contributed by atoms with Gasteiger partial charge in [0, 0.05) is 18.3 Å². The fourth-order valence-corrected chi connectivity index (χ4v) is 0.723. The zero-order valence-electron chi connectivity index (χ0n) is 7.85. The van der Waals surface area contributed by atoms with Crippen LogP contribution in [0.2, 0.25) is 0 Å². The number of primary amides is 1. The molecule has 1 heterocycles. The van der Waals surface area contributed by atoms with Crippen LogP contribution in [0.15, 0.2) is 12.4 Å². The maximum atomic E-state index is 10.9. The topological polar surface area (TPSA) is 95.2 Å². The molecule has 1 rings (SSSR count). The predicted molar refractivity (Wildman–Crippen MR) is 49.4 cm³/mol. The molecule has 0 aromatic carbocycles. The van der Waals surface area contributed by atoms with Crippen molar-refractivity contribution in [2.24, 2.45) is 5.73 Å². The van der Waals surface area contributed by atoms with Crippen LogP contribution < -0.4 is 5.73 Å². The van der Waals surface area contributed by atoms with Crippen molar-refractivity contribution in [3.63, 3.8) is 0 Å². The van der Waals surface area contributed by atoms with Gasteiger partial charge in [-0.2, -0.15) is 0 Å². The number of amides is 1. The fraction of sp³-hybridized carbons (Fsp3) is 0.111. The average molecular weight is 205 g/mol. The molecule has 0 saturated carbocycles. The van der Waals surface area contributed by atoms with Gasteiger partial charge in [-0.3, -0.25) is 4.79 Å². The highest BCUT2D eigenvalue weighted by atomic mass is 16.5. The van der Waals surface area contributed by atoms with E-state index < -0.39 is 11.9 Å². The summed E-state index contributed by atoms with van der Waals surface area (Å²) >= 11 is 0. The average Bonchev–Trinajstić information content (AvgIpc) is 2.26. The molecule has 0 radical (unpaired) electrons. The summed E-state index contributed by atoms with van der Waals surface area (Å²) in [6.45, 7) is 0. The molecule has 2 N–H and O–H groups in total. The first kappa shape index (κ1) is 10.7. The summed E-state index contributed by atoms with van der Waals surface area (Å²) < 4.78 is 4.40. The largest absolute Gasteiger partial charge is 0.463 e. The summed E-state index contributed by atoms with van der Waals surface area (Å²) in [5.41, 5.74) is 5.20. The molecule has 6 nitrogen and oxygen atoms in total. The third-order valence-corrected chi connectivity index (χ3v) is 1.35.